The Kier molecular flexibility index (Phi) is 5.06. The number of hydrogen-bond acceptors (Lipinski definition) is 4. The van der Waals surface area contributed by atoms with Gasteiger partial charge in [-0.15, -0.1) is 0 Å². The fourth-order valence-corrected chi connectivity index (χ4v) is 4.00. The highest BCUT2D eigenvalue weighted by Crippen LogP contribution is 2.43. The normalized spacial score (nSPS) is 11.6. The molecule has 3 aromatic carbocycles. The van der Waals surface area contributed by atoms with Crippen LogP contribution in [0.2, 0.25) is 0 Å². The van der Waals surface area contributed by atoms with E-state index in [9.17, 15) is 19.4 Å². The van der Waals surface area contributed by atoms with Gasteiger partial charge in [0.1, 0.15) is 5.82 Å². The van der Waals surface area contributed by atoms with Gasteiger partial charge in [0, 0.05) is 34.1 Å². The van der Waals surface area contributed by atoms with Gasteiger partial charge in [-0.2, -0.15) is 0 Å². The number of nitrogen functional groups attached to an aromatic ring is 1. The van der Waals surface area contributed by atoms with Crippen molar-refractivity contribution < 1.29 is 19.4 Å². The number of nitrogens with two attached hydrogens (primary N) is 1. The summed E-state index contributed by atoms with van der Waals surface area (Å²) in [5.74, 6) is -1.42. The molecule has 0 saturated heterocycles. The van der Waals surface area contributed by atoms with Gasteiger partial charge in [0.05, 0.1) is 22.4 Å². The zero-order valence-corrected chi connectivity index (χ0v) is 17.6. The molecule has 0 atom stereocenters. The van der Waals surface area contributed by atoms with Crippen LogP contribution < -0.4 is 5.73 Å². The van der Waals surface area contributed by atoms with Crippen molar-refractivity contribution in [2.24, 2.45) is 0 Å². The van der Waals surface area contributed by atoms with Gasteiger partial charge in [-0.25, -0.2) is 9.18 Å². The minimum atomic E-state index is -1.33. The lowest BCUT2D eigenvalue weighted by Gasteiger charge is -2.23. The minimum Gasteiger partial charge on any atom is -0.478 e. The monoisotopic (exact) mass is 431 g/mol. The Morgan fingerprint density at radius 3 is 2.25 bits per heavy atom. The molecule has 0 fully saturated rings. The predicted octanol–water partition coefficient (Wildman–Crippen LogP) is 4.94. The molecule has 0 aliphatic heterocycles. The number of rotatable bonds is 5. The second-order valence-corrected chi connectivity index (χ2v) is 8.12. The number of carbonyl (C=O) groups is 1. The molecule has 0 aliphatic rings. The summed E-state index contributed by atoms with van der Waals surface area (Å²) >= 11 is 0. The summed E-state index contributed by atoms with van der Waals surface area (Å²) in [6.45, 7) is 3.30. The van der Waals surface area contributed by atoms with Gasteiger partial charge in [-0.1, -0.05) is 12.1 Å². The van der Waals surface area contributed by atoms with E-state index in [1.165, 1.54) is 24.3 Å². The van der Waals surface area contributed by atoms with E-state index in [1.807, 2.05) is 4.57 Å². The van der Waals surface area contributed by atoms with Gasteiger partial charge in [0.25, 0.3) is 0 Å². The fourth-order valence-electron chi connectivity index (χ4n) is 4.00. The van der Waals surface area contributed by atoms with Crippen molar-refractivity contribution in [3.05, 3.63) is 83.3 Å². The average Bonchev–Trinajstić information content (AvgIpc) is 3.08. The Hall–Kier alpha value is -3.97. The van der Waals surface area contributed by atoms with Gasteiger partial charge in [0.2, 0.25) is 0 Å². The molecule has 1 heterocycles. The summed E-state index contributed by atoms with van der Waals surface area (Å²) in [6, 6.07) is 15.8. The van der Waals surface area contributed by atoms with Crippen LogP contribution in [0.25, 0.3) is 27.7 Å². The SMILES string of the molecule is CC(C)(O)c1c(-c2ccc(C(=O)O)cc2)c2cc(N)c(C=N)cc2n1-c1ccc(F)cc1. The molecular weight excluding hydrogens is 409 g/mol. The third-order valence-corrected chi connectivity index (χ3v) is 5.41. The van der Waals surface area contributed by atoms with Crippen LogP contribution in [0.3, 0.4) is 0 Å². The maximum Gasteiger partial charge on any atom is 0.335 e. The molecule has 0 radical (unpaired) electrons. The fraction of sp³-hybridized carbons (Fsp3) is 0.120. The van der Waals surface area contributed by atoms with Crippen LogP contribution in [0.1, 0.15) is 35.5 Å². The first-order chi connectivity index (χ1) is 15.1. The van der Waals surface area contributed by atoms with Crippen LogP contribution in [0, 0.1) is 11.2 Å². The summed E-state index contributed by atoms with van der Waals surface area (Å²) in [5.41, 5.74) is 9.12. The summed E-state index contributed by atoms with van der Waals surface area (Å²) < 4.78 is 15.5. The van der Waals surface area contributed by atoms with E-state index in [0.29, 0.717) is 39.3 Å². The number of hydrogen-bond donors (Lipinski definition) is 4. The van der Waals surface area contributed by atoms with Crippen LogP contribution >= 0.6 is 0 Å². The van der Waals surface area contributed by atoms with Crippen LogP contribution in [0.4, 0.5) is 10.1 Å². The molecule has 0 saturated carbocycles. The molecule has 1 aromatic heterocycles. The maximum absolute atomic E-state index is 13.6. The van der Waals surface area contributed by atoms with E-state index in [0.717, 1.165) is 11.6 Å². The van der Waals surface area contributed by atoms with Crippen LogP contribution in [0.15, 0.2) is 60.7 Å². The number of aromatic nitrogens is 1. The van der Waals surface area contributed by atoms with Gasteiger partial charge in [-0.05, 0) is 67.9 Å². The molecule has 4 rings (SSSR count). The van der Waals surface area contributed by atoms with E-state index < -0.39 is 11.6 Å². The Morgan fingerprint density at radius 2 is 1.72 bits per heavy atom. The third kappa shape index (κ3) is 3.52. The van der Waals surface area contributed by atoms with E-state index in [4.69, 9.17) is 11.1 Å². The number of fused-ring (bicyclic) bond motifs is 1. The number of benzene rings is 3. The highest BCUT2D eigenvalue weighted by Gasteiger charge is 2.30. The molecule has 162 valence electrons. The second kappa shape index (κ2) is 7.62. The Balaban J connectivity index is 2.17. The molecule has 0 bridgehead atoms. The van der Waals surface area contributed by atoms with Crippen molar-refractivity contribution in [3.8, 4) is 16.8 Å². The lowest BCUT2D eigenvalue weighted by molar-refractivity contribution is 0.0695. The van der Waals surface area contributed by atoms with Gasteiger partial charge in [-0.3, -0.25) is 0 Å². The lowest BCUT2D eigenvalue weighted by atomic mass is 9.93. The van der Waals surface area contributed by atoms with Crippen LogP contribution in [-0.4, -0.2) is 27.0 Å². The Morgan fingerprint density at radius 1 is 1.09 bits per heavy atom. The highest BCUT2D eigenvalue weighted by molar-refractivity contribution is 6.05. The first-order valence-electron chi connectivity index (χ1n) is 9.92. The topological polar surface area (TPSA) is 112 Å². The van der Waals surface area contributed by atoms with Crippen molar-refractivity contribution >= 4 is 28.8 Å². The van der Waals surface area contributed by atoms with Crippen LogP contribution in [0.5, 0.6) is 0 Å². The lowest BCUT2D eigenvalue weighted by Crippen LogP contribution is -2.21. The Labute approximate surface area is 183 Å². The zero-order chi connectivity index (χ0) is 23.2. The number of halogens is 1. The predicted molar refractivity (Wildman–Crippen MR) is 123 cm³/mol. The maximum atomic E-state index is 13.6. The molecule has 0 unspecified atom stereocenters. The van der Waals surface area contributed by atoms with Gasteiger partial charge in [0.15, 0.2) is 0 Å². The number of nitrogens with zero attached hydrogens (tertiary/aromatic N) is 1. The quantitative estimate of drug-likeness (QED) is 0.265. The molecule has 32 heavy (non-hydrogen) atoms. The van der Waals surface area contributed by atoms with Crippen molar-refractivity contribution in [1.82, 2.24) is 4.57 Å². The smallest absolute Gasteiger partial charge is 0.335 e. The number of aliphatic hydroxyl groups is 1. The van der Waals surface area contributed by atoms with Gasteiger partial charge >= 0.3 is 5.97 Å². The summed E-state index contributed by atoms with van der Waals surface area (Å²) in [4.78, 5) is 11.3. The van der Waals surface area contributed by atoms with Crippen LogP contribution in [-0.2, 0) is 5.60 Å². The van der Waals surface area contributed by atoms with E-state index in [1.54, 1.807) is 50.2 Å². The standard InChI is InChI=1S/C25H22FN3O3/c1-25(2,32)23-22(14-3-5-15(6-4-14)24(30)31)19-12-20(28)16(13-27)11-21(19)29(23)18-9-7-17(26)8-10-18/h3-13,27,32H,28H2,1-2H3,(H,30,31). The average molecular weight is 431 g/mol. The molecular formula is C25H22FN3O3. The first-order valence-corrected chi connectivity index (χ1v) is 9.92. The molecule has 6 nitrogen and oxygen atoms in total. The van der Waals surface area contributed by atoms with Gasteiger partial charge < -0.3 is 25.9 Å². The Bertz CT molecular complexity index is 1350. The number of carboxylic acid groups (broad SMARTS) is 1. The molecule has 4 aromatic rings. The summed E-state index contributed by atoms with van der Waals surface area (Å²) in [5, 5.41) is 28.9. The van der Waals surface area contributed by atoms with E-state index >= 15 is 0 Å². The van der Waals surface area contributed by atoms with E-state index in [2.05, 4.69) is 0 Å². The summed E-state index contributed by atoms with van der Waals surface area (Å²) in [6.07, 6.45) is 1.15. The van der Waals surface area contributed by atoms with Crippen molar-refractivity contribution in [3.63, 3.8) is 0 Å². The number of carboxylic acids is 1. The zero-order valence-electron chi connectivity index (χ0n) is 17.6. The van der Waals surface area contributed by atoms with Crippen molar-refractivity contribution in [1.29, 1.82) is 5.41 Å². The minimum absolute atomic E-state index is 0.145. The molecule has 7 heteroatoms. The molecule has 5 N–H and O–H groups in total. The van der Waals surface area contributed by atoms with Crippen molar-refractivity contribution in [2.75, 3.05) is 5.73 Å². The largest absolute Gasteiger partial charge is 0.478 e. The molecule has 0 amide bonds. The second-order valence-electron chi connectivity index (χ2n) is 8.12. The summed E-state index contributed by atoms with van der Waals surface area (Å²) in [7, 11) is 0. The number of anilines is 1. The molecule has 0 aliphatic carbocycles. The number of nitrogens with one attached hydrogen (secondary N) is 1. The van der Waals surface area contributed by atoms with E-state index in [-0.39, 0.29) is 11.4 Å². The first kappa shape index (κ1) is 21.3. The number of aromatic carboxylic acids is 1. The molecule has 0 spiro atoms. The third-order valence-electron chi connectivity index (χ3n) is 5.41. The highest BCUT2D eigenvalue weighted by atomic mass is 19.1. The van der Waals surface area contributed by atoms with Crippen molar-refractivity contribution in [2.45, 2.75) is 19.4 Å².